The van der Waals surface area contributed by atoms with E-state index in [0.717, 1.165) is 29.5 Å². The number of carbonyl (C=O) groups is 1. The molecule has 1 aliphatic carbocycles. The smallest absolute Gasteiger partial charge is 0.171 e. The van der Waals surface area contributed by atoms with Crippen molar-refractivity contribution >= 4 is 5.78 Å². The minimum atomic E-state index is 0.0721. The first kappa shape index (κ1) is 12.0. The number of ether oxygens (including phenoxy) is 2. The number of hydrogen-bond donors (Lipinski definition) is 0. The lowest BCUT2D eigenvalue weighted by molar-refractivity contribution is 0.0909. The van der Waals surface area contributed by atoms with Crippen LogP contribution in [-0.2, 0) is 6.42 Å². The molecule has 1 unspecified atom stereocenters. The molecule has 0 bridgehead atoms. The summed E-state index contributed by atoms with van der Waals surface area (Å²) in [5.41, 5.74) is 2.95. The normalized spacial score (nSPS) is 18.8. The van der Waals surface area contributed by atoms with Crippen molar-refractivity contribution < 1.29 is 14.3 Å². The maximum atomic E-state index is 12.3. The molecule has 1 atom stereocenters. The molecular formula is C14H18O3. The Hall–Kier alpha value is -1.51. The highest BCUT2D eigenvalue weighted by Crippen LogP contribution is 2.40. The maximum Gasteiger partial charge on any atom is 0.171 e. The van der Waals surface area contributed by atoms with Crippen molar-refractivity contribution in [3.63, 3.8) is 0 Å². The lowest BCUT2D eigenvalue weighted by atomic mass is 9.81. The predicted octanol–water partition coefficient (Wildman–Crippen LogP) is 2.78. The Morgan fingerprint density at radius 3 is 2.59 bits per heavy atom. The third-order valence-corrected chi connectivity index (χ3v) is 3.52. The van der Waals surface area contributed by atoms with Gasteiger partial charge in [-0.3, -0.25) is 4.79 Å². The molecule has 3 nitrogen and oxygen atoms in total. The van der Waals surface area contributed by atoms with Crippen LogP contribution < -0.4 is 9.47 Å². The van der Waals surface area contributed by atoms with Crippen LogP contribution in [0.3, 0.4) is 0 Å². The predicted molar refractivity (Wildman–Crippen MR) is 66.1 cm³/mol. The van der Waals surface area contributed by atoms with Crippen LogP contribution >= 0.6 is 0 Å². The van der Waals surface area contributed by atoms with E-state index in [1.807, 2.05) is 19.9 Å². The van der Waals surface area contributed by atoms with Crippen LogP contribution in [-0.4, -0.2) is 20.0 Å². The Labute approximate surface area is 102 Å². The molecule has 0 saturated heterocycles. The summed E-state index contributed by atoms with van der Waals surface area (Å²) in [5.74, 6) is 1.48. The van der Waals surface area contributed by atoms with Gasteiger partial charge in [-0.2, -0.15) is 0 Å². The van der Waals surface area contributed by atoms with Gasteiger partial charge in [0.05, 0.1) is 19.8 Å². The van der Waals surface area contributed by atoms with Gasteiger partial charge in [-0.15, -0.1) is 0 Å². The summed E-state index contributed by atoms with van der Waals surface area (Å²) in [5, 5.41) is 0. The van der Waals surface area contributed by atoms with Gasteiger partial charge in [0.25, 0.3) is 0 Å². The highest BCUT2D eigenvalue weighted by molar-refractivity contribution is 6.03. The van der Waals surface area contributed by atoms with Gasteiger partial charge < -0.3 is 9.47 Å². The molecule has 0 aromatic heterocycles. The van der Waals surface area contributed by atoms with E-state index >= 15 is 0 Å². The molecule has 3 heteroatoms. The first-order chi connectivity index (χ1) is 8.10. The fourth-order valence-electron chi connectivity index (χ4n) is 2.48. The quantitative estimate of drug-likeness (QED) is 0.789. The molecule has 0 spiro atoms. The molecule has 0 saturated carbocycles. The first-order valence-corrected chi connectivity index (χ1v) is 5.88. The van der Waals surface area contributed by atoms with Crippen LogP contribution in [0.5, 0.6) is 11.5 Å². The monoisotopic (exact) mass is 234 g/mol. The van der Waals surface area contributed by atoms with Crippen molar-refractivity contribution in [2.24, 2.45) is 5.92 Å². The van der Waals surface area contributed by atoms with E-state index in [0.29, 0.717) is 11.5 Å². The molecule has 0 fully saturated rings. The summed E-state index contributed by atoms with van der Waals surface area (Å²) < 4.78 is 10.7. The molecule has 17 heavy (non-hydrogen) atoms. The second-order valence-corrected chi connectivity index (χ2v) is 4.59. The SMILES string of the molecule is COc1cc(C)c2c(c1OC)C(=O)C(C)CC2. The van der Waals surface area contributed by atoms with Gasteiger partial charge in [-0.1, -0.05) is 6.92 Å². The number of fused-ring (bicyclic) bond motifs is 1. The van der Waals surface area contributed by atoms with E-state index in [2.05, 4.69) is 0 Å². The Kier molecular flexibility index (Phi) is 3.09. The highest BCUT2D eigenvalue weighted by Gasteiger charge is 2.30. The molecule has 2 rings (SSSR count). The second-order valence-electron chi connectivity index (χ2n) is 4.59. The van der Waals surface area contributed by atoms with Crippen LogP contribution in [0.4, 0.5) is 0 Å². The number of methoxy groups -OCH3 is 2. The van der Waals surface area contributed by atoms with E-state index in [-0.39, 0.29) is 11.7 Å². The van der Waals surface area contributed by atoms with E-state index < -0.39 is 0 Å². The topological polar surface area (TPSA) is 35.5 Å². The number of Topliss-reactive ketones (excluding diaryl/α,β-unsaturated/α-hetero) is 1. The van der Waals surface area contributed by atoms with Gasteiger partial charge in [-0.05, 0) is 37.0 Å². The van der Waals surface area contributed by atoms with Gasteiger partial charge in [0.1, 0.15) is 0 Å². The number of hydrogen-bond acceptors (Lipinski definition) is 3. The average molecular weight is 234 g/mol. The van der Waals surface area contributed by atoms with Crippen molar-refractivity contribution in [1.82, 2.24) is 0 Å². The van der Waals surface area contributed by atoms with Crippen molar-refractivity contribution in [3.05, 3.63) is 22.8 Å². The third kappa shape index (κ3) is 1.79. The van der Waals surface area contributed by atoms with Gasteiger partial charge in [0.2, 0.25) is 0 Å². The van der Waals surface area contributed by atoms with Crippen LogP contribution in [0.1, 0.15) is 34.8 Å². The summed E-state index contributed by atoms with van der Waals surface area (Å²) in [7, 11) is 3.18. The number of aryl methyl sites for hydroxylation is 1. The van der Waals surface area contributed by atoms with Gasteiger partial charge in [0.15, 0.2) is 17.3 Å². The summed E-state index contributed by atoms with van der Waals surface area (Å²) in [4.78, 5) is 12.3. The zero-order valence-electron chi connectivity index (χ0n) is 10.8. The van der Waals surface area contributed by atoms with Crippen LogP contribution in [0.2, 0.25) is 0 Å². The molecule has 0 aliphatic heterocycles. The first-order valence-electron chi connectivity index (χ1n) is 5.88. The van der Waals surface area contributed by atoms with Crippen LogP contribution in [0, 0.1) is 12.8 Å². The number of ketones is 1. The van der Waals surface area contributed by atoms with Gasteiger partial charge >= 0.3 is 0 Å². The maximum absolute atomic E-state index is 12.3. The highest BCUT2D eigenvalue weighted by atomic mass is 16.5. The van der Waals surface area contributed by atoms with E-state index in [1.165, 1.54) is 0 Å². The van der Waals surface area contributed by atoms with Crippen molar-refractivity contribution in [2.75, 3.05) is 14.2 Å². The fraction of sp³-hybridized carbons (Fsp3) is 0.500. The van der Waals surface area contributed by atoms with Gasteiger partial charge in [-0.25, -0.2) is 0 Å². The zero-order valence-corrected chi connectivity index (χ0v) is 10.8. The number of benzene rings is 1. The molecule has 0 heterocycles. The summed E-state index contributed by atoms with van der Waals surface area (Å²) in [6, 6.07) is 1.95. The van der Waals surface area contributed by atoms with Gasteiger partial charge in [0, 0.05) is 5.92 Å². The molecule has 1 aliphatic rings. The lowest BCUT2D eigenvalue weighted by Crippen LogP contribution is -2.22. The number of carbonyl (C=O) groups excluding carboxylic acids is 1. The summed E-state index contributed by atoms with van der Waals surface area (Å²) in [6.45, 7) is 3.99. The minimum absolute atomic E-state index is 0.0721. The Bertz CT molecular complexity index is 463. The molecule has 1 aromatic carbocycles. The molecule has 92 valence electrons. The largest absolute Gasteiger partial charge is 0.493 e. The van der Waals surface area contributed by atoms with Crippen molar-refractivity contribution in [3.8, 4) is 11.5 Å². The zero-order chi connectivity index (χ0) is 12.6. The van der Waals surface area contributed by atoms with E-state index in [9.17, 15) is 4.79 Å². The third-order valence-electron chi connectivity index (χ3n) is 3.52. The average Bonchev–Trinajstić information content (AvgIpc) is 2.33. The van der Waals surface area contributed by atoms with Crippen LogP contribution in [0.25, 0.3) is 0 Å². The van der Waals surface area contributed by atoms with Crippen molar-refractivity contribution in [1.29, 1.82) is 0 Å². The standard InChI is InChI=1S/C14H18O3/c1-8-5-6-10-9(2)7-11(16-3)14(17-4)12(10)13(8)15/h7-8H,5-6H2,1-4H3. The number of rotatable bonds is 2. The second kappa shape index (κ2) is 4.40. The summed E-state index contributed by atoms with van der Waals surface area (Å²) >= 11 is 0. The van der Waals surface area contributed by atoms with Crippen molar-refractivity contribution in [2.45, 2.75) is 26.7 Å². The molecular weight excluding hydrogens is 216 g/mol. The Morgan fingerprint density at radius 2 is 2.00 bits per heavy atom. The molecule has 0 radical (unpaired) electrons. The van der Waals surface area contributed by atoms with Crippen LogP contribution in [0.15, 0.2) is 6.07 Å². The van der Waals surface area contributed by atoms with E-state index in [1.54, 1.807) is 14.2 Å². The molecule has 0 N–H and O–H groups in total. The minimum Gasteiger partial charge on any atom is -0.493 e. The molecule has 1 aromatic rings. The summed E-state index contributed by atoms with van der Waals surface area (Å²) in [6.07, 6.45) is 1.86. The Morgan fingerprint density at radius 1 is 1.29 bits per heavy atom. The Balaban J connectivity index is 2.70. The molecule has 0 amide bonds. The fourth-order valence-corrected chi connectivity index (χ4v) is 2.48. The lowest BCUT2D eigenvalue weighted by Gasteiger charge is -2.25. The van der Waals surface area contributed by atoms with E-state index in [4.69, 9.17) is 9.47 Å².